The van der Waals surface area contributed by atoms with Crippen molar-refractivity contribution in [3.63, 3.8) is 0 Å². The number of rotatable bonds is 9. The summed E-state index contributed by atoms with van der Waals surface area (Å²) in [5.41, 5.74) is 6.78. The summed E-state index contributed by atoms with van der Waals surface area (Å²) in [6, 6.07) is 24.6. The second-order valence-electron chi connectivity index (χ2n) is 9.03. The Morgan fingerprint density at radius 3 is 2.00 bits per heavy atom. The molecule has 0 aromatic heterocycles. The van der Waals surface area contributed by atoms with E-state index in [9.17, 15) is 4.79 Å². The second kappa shape index (κ2) is 11.3. The normalized spacial score (nSPS) is 11.8. The molecule has 0 unspecified atom stereocenters. The summed E-state index contributed by atoms with van der Waals surface area (Å²) in [5, 5.41) is 2.25. The first kappa shape index (κ1) is 26.2. The Kier molecular flexibility index (Phi) is 8.71. The molecule has 0 saturated heterocycles. The van der Waals surface area contributed by atoms with E-state index in [2.05, 4.69) is 85.2 Å². The van der Waals surface area contributed by atoms with Crippen molar-refractivity contribution in [2.24, 2.45) is 5.73 Å². The molecule has 0 saturated carbocycles. The van der Waals surface area contributed by atoms with Gasteiger partial charge in [-0.2, -0.15) is 0 Å². The second-order valence-corrected chi connectivity index (χ2v) is 14.2. The number of hydrogen-bond donors (Lipinski definition) is 1. The van der Waals surface area contributed by atoms with Crippen molar-refractivity contribution < 1.29 is 18.7 Å². The average Bonchev–Trinajstić information content (AvgIpc) is 2.83. The Morgan fingerprint density at radius 1 is 0.971 bits per heavy atom. The summed E-state index contributed by atoms with van der Waals surface area (Å²) in [7, 11) is -1.36. The minimum absolute atomic E-state index is 0.151. The fraction of sp³-hybridized carbons (Fsp3) is 0.296. The monoisotopic (exact) mass is 541 g/mol. The lowest BCUT2D eigenvalue weighted by molar-refractivity contribution is 0.0595. The molecule has 0 bridgehead atoms. The van der Waals surface area contributed by atoms with Crippen LogP contribution in [0.15, 0.2) is 77.3 Å². The highest BCUT2D eigenvalue weighted by Crippen LogP contribution is 2.38. The zero-order valence-corrected chi connectivity index (χ0v) is 22.7. The van der Waals surface area contributed by atoms with E-state index in [1.54, 1.807) is 6.07 Å². The van der Waals surface area contributed by atoms with Gasteiger partial charge in [-0.1, -0.05) is 81.4 Å². The molecule has 0 aliphatic rings. The highest BCUT2D eigenvalue weighted by molar-refractivity contribution is 9.10. The fourth-order valence-electron chi connectivity index (χ4n) is 4.26. The average molecular weight is 543 g/mol. The summed E-state index contributed by atoms with van der Waals surface area (Å²) in [6.45, 7) is 7.66. The Morgan fingerprint density at radius 2 is 1.53 bits per heavy atom. The first-order valence-corrected chi connectivity index (χ1v) is 13.9. The van der Waals surface area contributed by atoms with E-state index in [0.29, 0.717) is 35.5 Å². The molecule has 34 heavy (non-hydrogen) atoms. The van der Waals surface area contributed by atoms with Crippen LogP contribution in [0.5, 0.6) is 5.75 Å². The maximum atomic E-state index is 12.5. The molecular weight excluding hydrogens is 510 g/mol. The van der Waals surface area contributed by atoms with Crippen LogP contribution in [0.1, 0.15) is 36.7 Å². The Hall–Kier alpha value is -2.45. The number of carbonyl (C=O) groups excluding carboxylic acids is 1. The van der Waals surface area contributed by atoms with E-state index in [-0.39, 0.29) is 5.04 Å². The van der Waals surface area contributed by atoms with E-state index in [0.717, 1.165) is 5.56 Å². The molecule has 3 aromatic carbocycles. The summed E-state index contributed by atoms with van der Waals surface area (Å²) < 4.78 is 18.4. The van der Waals surface area contributed by atoms with Crippen molar-refractivity contribution in [2.45, 2.75) is 32.4 Å². The van der Waals surface area contributed by atoms with E-state index < -0.39 is 14.3 Å². The number of esters is 1. The van der Waals surface area contributed by atoms with Gasteiger partial charge in [0.1, 0.15) is 17.9 Å². The van der Waals surface area contributed by atoms with E-state index in [4.69, 9.17) is 19.6 Å². The largest absolute Gasteiger partial charge is 0.490 e. The van der Waals surface area contributed by atoms with Crippen LogP contribution in [0.4, 0.5) is 0 Å². The van der Waals surface area contributed by atoms with Gasteiger partial charge in [-0.15, -0.1) is 0 Å². The van der Waals surface area contributed by atoms with Gasteiger partial charge in [0.25, 0.3) is 8.32 Å². The molecule has 3 aromatic rings. The lowest BCUT2D eigenvalue weighted by atomic mass is 10.1. The van der Waals surface area contributed by atoms with Crippen LogP contribution in [-0.2, 0) is 15.8 Å². The lowest BCUT2D eigenvalue weighted by Gasteiger charge is -2.43. The summed E-state index contributed by atoms with van der Waals surface area (Å²) in [6.07, 6.45) is 0. The van der Waals surface area contributed by atoms with Gasteiger partial charge in [-0.25, -0.2) is 4.79 Å². The smallest absolute Gasteiger partial charge is 0.341 e. The Labute approximate surface area is 211 Å². The first-order chi connectivity index (χ1) is 16.2. The number of nitrogens with two attached hydrogens (primary N) is 1. The third-order valence-corrected chi connectivity index (χ3v) is 11.3. The van der Waals surface area contributed by atoms with Gasteiger partial charge in [0.2, 0.25) is 0 Å². The van der Waals surface area contributed by atoms with Crippen LogP contribution in [0, 0.1) is 0 Å². The predicted octanol–water partition coefficient (Wildman–Crippen LogP) is 4.65. The van der Waals surface area contributed by atoms with Crippen LogP contribution in [0.2, 0.25) is 5.04 Å². The van der Waals surface area contributed by atoms with Crippen LogP contribution in [0.25, 0.3) is 0 Å². The third kappa shape index (κ3) is 5.44. The molecule has 2 N–H and O–H groups in total. The molecule has 0 radical (unpaired) electrons. The van der Waals surface area contributed by atoms with Crippen molar-refractivity contribution in [1.82, 2.24) is 0 Å². The molecule has 180 valence electrons. The molecule has 3 rings (SSSR count). The van der Waals surface area contributed by atoms with E-state index in [1.165, 1.54) is 17.5 Å². The van der Waals surface area contributed by atoms with Gasteiger partial charge in [-0.3, -0.25) is 0 Å². The first-order valence-electron chi connectivity index (χ1n) is 11.2. The number of hydrogen-bond acceptors (Lipinski definition) is 5. The van der Waals surface area contributed by atoms with Gasteiger partial charge >= 0.3 is 5.97 Å². The molecule has 0 atom stereocenters. The molecule has 0 fully saturated rings. The quantitative estimate of drug-likeness (QED) is 0.315. The van der Waals surface area contributed by atoms with Crippen LogP contribution >= 0.6 is 15.9 Å². The van der Waals surface area contributed by atoms with Crippen molar-refractivity contribution in [3.05, 3.63) is 88.4 Å². The SMILES string of the molecule is COC(=O)c1cc(CO[Si](c2ccccc2)(c2ccccc2)C(C)(C)C)cc(Br)c1OCCN. The summed E-state index contributed by atoms with van der Waals surface area (Å²) in [4.78, 5) is 12.5. The minimum atomic E-state index is -2.72. The highest BCUT2D eigenvalue weighted by Gasteiger charge is 2.50. The zero-order valence-electron chi connectivity index (χ0n) is 20.1. The number of halogens is 1. The van der Waals surface area contributed by atoms with Gasteiger partial charge in [-0.05, 0) is 49.0 Å². The van der Waals surface area contributed by atoms with Gasteiger partial charge < -0.3 is 19.6 Å². The standard InChI is InChI=1S/C27H32BrNO4Si/c1-27(2,3)34(21-11-7-5-8-12-21,22-13-9-6-10-14-22)33-19-20-17-23(26(30)31-4)25(24(28)18-20)32-16-15-29/h5-14,17-18H,15-16,19,29H2,1-4H3. The van der Waals surface area contributed by atoms with Gasteiger partial charge in [0.05, 0.1) is 18.2 Å². The van der Waals surface area contributed by atoms with Crippen LogP contribution in [0.3, 0.4) is 0 Å². The van der Waals surface area contributed by atoms with Crippen molar-refractivity contribution >= 4 is 40.6 Å². The Balaban J connectivity index is 2.09. The van der Waals surface area contributed by atoms with Crippen molar-refractivity contribution in [3.8, 4) is 5.75 Å². The van der Waals surface area contributed by atoms with E-state index in [1.807, 2.05) is 18.2 Å². The van der Waals surface area contributed by atoms with Gasteiger partial charge in [0.15, 0.2) is 0 Å². The minimum Gasteiger partial charge on any atom is -0.490 e. The number of benzene rings is 3. The summed E-state index contributed by atoms with van der Waals surface area (Å²) >= 11 is 3.56. The van der Waals surface area contributed by atoms with Gasteiger partial charge in [0, 0.05) is 6.54 Å². The molecule has 7 heteroatoms. The Bertz CT molecular complexity index is 1060. The number of methoxy groups -OCH3 is 1. The van der Waals surface area contributed by atoms with Crippen molar-refractivity contribution in [1.29, 1.82) is 0 Å². The number of ether oxygens (including phenoxy) is 2. The van der Waals surface area contributed by atoms with Crippen LogP contribution in [-0.4, -0.2) is 34.5 Å². The maximum Gasteiger partial charge on any atom is 0.341 e. The highest BCUT2D eigenvalue weighted by atomic mass is 79.9. The molecular formula is C27H32BrNO4Si. The summed E-state index contributed by atoms with van der Waals surface area (Å²) in [5.74, 6) is -0.0495. The molecule has 5 nitrogen and oxygen atoms in total. The molecule has 0 aliphatic heterocycles. The molecule has 0 aliphatic carbocycles. The van der Waals surface area contributed by atoms with E-state index >= 15 is 0 Å². The van der Waals surface area contributed by atoms with Crippen LogP contribution < -0.4 is 20.8 Å². The molecule has 0 spiro atoms. The predicted molar refractivity (Wildman–Crippen MR) is 142 cm³/mol. The maximum absolute atomic E-state index is 12.5. The lowest BCUT2D eigenvalue weighted by Crippen LogP contribution is -2.66. The molecule has 0 amide bonds. The fourth-order valence-corrected chi connectivity index (χ4v) is 9.42. The molecule has 0 heterocycles. The third-order valence-electron chi connectivity index (χ3n) is 5.75. The topological polar surface area (TPSA) is 70.8 Å². The number of carbonyl (C=O) groups is 1. The zero-order chi connectivity index (χ0) is 24.8. The van der Waals surface area contributed by atoms with Crippen molar-refractivity contribution in [2.75, 3.05) is 20.3 Å².